The lowest BCUT2D eigenvalue weighted by Gasteiger charge is -2.43. The van der Waals surface area contributed by atoms with Crippen LogP contribution in [-0.2, 0) is 9.59 Å². The Bertz CT molecular complexity index is 369. The van der Waals surface area contributed by atoms with Crippen molar-refractivity contribution in [1.82, 2.24) is 15.5 Å². The van der Waals surface area contributed by atoms with Gasteiger partial charge in [0.05, 0.1) is 13.1 Å². The number of carbonyl (C=O) groups excluding carboxylic acids is 2. The highest BCUT2D eigenvalue weighted by Crippen LogP contribution is 2.34. The SMILES string of the molecule is CC(C)NC(=O)CNC(=O)CN1CCC[C@@H]2CCCC[C@@H]21. The number of piperidine rings is 1. The molecule has 2 rings (SSSR count). The van der Waals surface area contributed by atoms with Crippen LogP contribution in [0.15, 0.2) is 0 Å². The highest BCUT2D eigenvalue weighted by molar-refractivity contribution is 5.85. The van der Waals surface area contributed by atoms with Crippen LogP contribution in [0.2, 0.25) is 0 Å². The van der Waals surface area contributed by atoms with Gasteiger partial charge in [0.15, 0.2) is 0 Å². The van der Waals surface area contributed by atoms with E-state index in [1.54, 1.807) is 0 Å². The molecule has 0 bridgehead atoms. The minimum atomic E-state index is -0.118. The molecule has 2 fully saturated rings. The summed E-state index contributed by atoms with van der Waals surface area (Å²) in [6, 6.07) is 0.697. The number of nitrogens with one attached hydrogen (secondary N) is 2. The Morgan fingerprint density at radius 3 is 2.57 bits per heavy atom. The van der Waals surface area contributed by atoms with Crippen LogP contribution in [0, 0.1) is 5.92 Å². The van der Waals surface area contributed by atoms with E-state index in [9.17, 15) is 9.59 Å². The molecular formula is C16H29N3O2. The highest BCUT2D eigenvalue weighted by Gasteiger charge is 2.33. The fourth-order valence-corrected chi connectivity index (χ4v) is 3.72. The molecule has 0 aromatic rings. The Morgan fingerprint density at radius 1 is 1.10 bits per heavy atom. The number of likely N-dealkylation sites (tertiary alicyclic amines) is 1. The maximum Gasteiger partial charge on any atom is 0.239 e. The second-order valence-corrected chi connectivity index (χ2v) is 6.72. The molecule has 5 nitrogen and oxygen atoms in total. The minimum absolute atomic E-state index is 0.0277. The number of hydrogen-bond acceptors (Lipinski definition) is 3. The molecule has 0 radical (unpaired) electrons. The monoisotopic (exact) mass is 295 g/mol. The van der Waals surface area contributed by atoms with Gasteiger partial charge in [-0.2, -0.15) is 0 Å². The van der Waals surface area contributed by atoms with E-state index >= 15 is 0 Å². The van der Waals surface area contributed by atoms with E-state index in [2.05, 4.69) is 15.5 Å². The van der Waals surface area contributed by atoms with Gasteiger partial charge in [-0.1, -0.05) is 12.8 Å². The fourth-order valence-electron chi connectivity index (χ4n) is 3.72. The van der Waals surface area contributed by atoms with Crippen LogP contribution in [0.4, 0.5) is 0 Å². The molecule has 0 aromatic heterocycles. The van der Waals surface area contributed by atoms with Gasteiger partial charge in [0.1, 0.15) is 0 Å². The third kappa shape index (κ3) is 4.99. The largest absolute Gasteiger partial charge is 0.352 e. The van der Waals surface area contributed by atoms with Gasteiger partial charge in [-0.3, -0.25) is 14.5 Å². The van der Waals surface area contributed by atoms with Crippen LogP contribution in [0.3, 0.4) is 0 Å². The van der Waals surface area contributed by atoms with Crippen molar-refractivity contribution in [3.63, 3.8) is 0 Å². The van der Waals surface area contributed by atoms with E-state index in [4.69, 9.17) is 0 Å². The van der Waals surface area contributed by atoms with Crippen molar-refractivity contribution in [3.8, 4) is 0 Å². The van der Waals surface area contributed by atoms with E-state index in [-0.39, 0.29) is 24.4 Å². The molecule has 1 saturated carbocycles. The molecule has 2 amide bonds. The first-order valence-corrected chi connectivity index (χ1v) is 8.36. The molecule has 1 heterocycles. The second kappa shape index (κ2) is 7.78. The molecule has 1 aliphatic carbocycles. The van der Waals surface area contributed by atoms with E-state index < -0.39 is 0 Å². The van der Waals surface area contributed by atoms with Crippen molar-refractivity contribution >= 4 is 11.8 Å². The maximum absolute atomic E-state index is 12.0. The van der Waals surface area contributed by atoms with Crippen molar-refractivity contribution in [2.24, 2.45) is 5.92 Å². The first-order chi connectivity index (χ1) is 10.1. The Morgan fingerprint density at radius 2 is 1.81 bits per heavy atom. The Kier molecular flexibility index (Phi) is 6.03. The van der Waals surface area contributed by atoms with Gasteiger partial charge in [0, 0.05) is 12.1 Å². The van der Waals surface area contributed by atoms with Crippen LogP contribution in [0.1, 0.15) is 52.4 Å². The van der Waals surface area contributed by atoms with Gasteiger partial charge in [0.25, 0.3) is 0 Å². The summed E-state index contributed by atoms with van der Waals surface area (Å²) < 4.78 is 0. The summed E-state index contributed by atoms with van der Waals surface area (Å²) in [6.45, 7) is 5.37. The first-order valence-electron chi connectivity index (χ1n) is 8.36. The summed E-state index contributed by atoms with van der Waals surface area (Å²) >= 11 is 0. The highest BCUT2D eigenvalue weighted by atomic mass is 16.2. The van der Waals surface area contributed by atoms with Crippen molar-refractivity contribution in [1.29, 1.82) is 0 Å². The number of nitrogens with zero attached hydrogens (tertiary/aromatic N) is 1. The number of amides is 2. The predicted molar refractivity (Wildman–Crippen MR) is 82.8 cm³/mol. The molecule has 0 aromatic carbocycles. The van der Waals surface area contributed by atoms with E-state index in [1.807, 2.05) is 13.8 Å². The first kappa shape index (κ1) is 16.3. The number of carbonyl (C=O) groups is 2. The van der Waals surface area contributed by atoms with Crippen LogP contribution in [-0.4, -0.2) is 48.4 Å². The molecule has 21 heavy (non-hydrogen) atoms. The zero-order chi connectivity index (χ0) is 15.2. The summed E-state index contributed by atoms with van der Waals surface area (Å²) in [4.78, 5) is 25.9. The van der Waals surface area contributed by atoms with Crippen LogP contribution in [0.5, 0.6) is 0 Å². The van der Waals surface area contributed by atoms with Crippen molar-refractivity contribution in [2.75, 3.05) is 19.6 Å². The summed E-state index contributed by atoms with van der Waals surface area (Å²) in [5, 5.41) is 5.52. The molecule has 0 spiro atoms. The topological polar surface area (TPSA) is 61.4 Å². The zero-order valence-electron chi connectivity index (χ0n) is 13.4. The summed E-state index contributed by atoms with van der Waals surface area (Å²) in [5.41, 5.74) is 0. The van der Waals surface area contributed by atoms with Gasteiger partial charge in [-0.25, -0.2) is 0 Å². The lowest BCUT2D eigenvalue weighted by Crippen LogP contribution is -2.51. The zero-order valence-corrected chi connectivity index (χ0v) is 13.4. The van der Waals surface area contributed by atoms with E-state index in [1.165, 1.54) is 38.5 Å². The standard InChI is InChI=1S/C16H29N3O2/c1-12(2)18-15(20)10-17-16(21)11-19-9-5-7-13-6-3-4-8-14(13)19/h12-14H,3-11H2,1-2H3,(H,17,21)(H,18,20)/t13-,14-/m0/s1. The smallest absolute Gasteiger partial charge is 0.239 e. The van der Waals surface area contributed by atoms with Gasteiger partial charge < -0.3 is 10.6 Å². The second-order valence-electron chi connectivity index (χ2n) is 6.72. The third-order valence-electron chi connectivity index (χ3n) is 4.60. The van der Waals surface area contributed by atoms with Crippen molar-refractivity contribution in [3.05, 3.63) is 0 Å². The molecule has 5 heteroatoms. The number of rotatable bonds is 5. The quantitative estimate of drug-likeness (QED) is 0.803. The van der Waals surface area contributed by atoms with E-state index in [0.29, 0.717) is 12.6 Å². The summed E-state index contributed by atoms with van der Waals surface area (Å²) in [6.07, 6.45) is 7.69. The van der Waals surface area contributed by atoms with Gasteiger partial charge in [-0.15, -0.1) is 0 Å². The van der Waals surface area contributed by atoms with Gasteiger partial charge in [-0.05, 0) is 52.0 Å². The minimum Gasteiger partial charge on any atom is -0.352 e. The molecule has 2 N–H and O–H groups in total. The molecular weight excluding hydrogens is 266 g/mol. The molecule has 2 aliphatic rings. The maximum atomic E-state index is 12.0. The van der Waals surface area contributed by atoms with Crippen molar-refractivity contribution < 1.29 is 9.59 Å². The average molecular weight is 295 g/mol. The van der Waals surface area contributed by atoms with Crippen LogP contribution in [0.25, 0.3) is 0 Å². The molecule has 120 valence electrons. The van der Waals surface area contributed by atoms with Gasteiger partial charge in [0.2, 0.25) is 11.8 Å². The van der Waals surface area contributed by atoms with Crippen LogP contribution >= 0.6 is 0 Å². The van der Waals surface area contributed by atoms with E-state index in [0.717, 1.165) is 12.5 Å². The lowest BCUT2D eigenvalue weighted by atomic mass is 9.78. The predicted octanol–water partition coefficient (Wildman–Crippen LogP) is 1.28. The summed E-state index contributed by atoms with van der Waals surface area (Å²) in [7, 11) is 0. The third-order valence-corrected chi connectivity index (χ3v) is 4.60. The van der Waals surface area contributed by atoms with Crippen molar-refractivity contribution in [2.45, 2.75) is 64.5 Å². The normalized spacial score (nSPS) is 26.2. The van der Waals surface area contributed by atoms with Gasteiger partial charge >= 0.3 is 0 Å². The fraction of sp³-hybridized carbons (Fsp3) is 0.875. The Labute approximate surface area is 127 Å². The molecule has 1 saturated heterocycles. The summed E-state index contributed by atoms with van der Waals surface area (Å²) in [5.74, 6) is 0.636. The molecule has 1 aliphatic heterocycles. The molecule has 0 unspecified atom stereocenters. The Balaban J connectivity index is 1.75. The number of hydrogen-bond donors (Lipinski definition) is 2. The molecule has 2 atom stereocenters. The Hall–Kier alpha value is -1.10. The lowest BCUT2D eigenvalue weighted by molar-refractivity contribution is -0.128. The van der Waals surface area contributed by atoms with Crippen LogP contribution < -0.4 is 10.6 Å². The number of fused-ring (bicyclic) bond motifs is 1. The average Bonchev–Trinajstić information content (AvgIpc) is 2.45.